The van der Waals surface area contributed by atoms with Gasteiger partial charge in [0, 0.05) is 31.7 Å². The van der Waals surface area contributed by atoms with Gasteiger partial charge in [-0.3, -0.25) is 5.41 Å². The molecule has 0 bridgehead atoms. The second-order valence-electron chi connectivity index (χ2n) is 5.53. The third-order valence-electron chi connectivity index (χ3n) is 3.39. The molecule has 0 spiro atoms. The van der Waals surface area contributed by atoms with E-state index in [1.165, 1.54) is 30.3 Å². The number of ether oxygens (including phenoxy) is 1. The van der Waals surface area contributed by atoms with Crippen LogP contribution in [0.25, 0.3) is 0 Å². The number of anilines is 2. The van der Waals surface area contributed by atoms with Crippen LogP contribution in [0.5, 0.6) is 5.75 Å². The van der Waals surface area contributed by atoms with Gasteiger partial charge in [0.15, 0.2) is 15.8 Å². The Hall–Kier alpha value is -2.95. The van der Waals surface area contributed by atoms with Crippen LogP contribution in [0.1, 0.15) is 0 Å². The number of sulfone groups is 1. The minimum atomic E-state index is -4.70. The monoisotopic (exact) mass is 418 g/mol. The van der Waals surface area contributed by atoms with Crippen molar-refractivity contribution in [1.82, 2.24) is 0 Å². The summed E-state index contributed by atoms with van der Waals surface area (Å²) in [6.07, 6.45) is -3.50. The molecule has 2 aromatic rings. The van der Waals surface area contributed by atoms with Crippen LogP contribution in [-0.2, 0) is 9.84 Å². The second-order valence-corrected chi connectivity index (χ2v) is 7.55. The zero-order valence-corrected chi connectivity index (χ0v) is 16.2. The topological polar surface area (TPSA) is 109 Å². The van der Waals surface area contributed by atoms with E-state index in [9.17, 15) is 21.6 Å². The van der Waals surface area contributed by atoms with Crippen molar-refractivity contribution in [3.05, 3.63) is 48.5 Å². The Labute approximate surface area is 161 Å². The van der Waals surface area contributed by atoms with Gasteiger partial charge in [0.1, 0.15) is 5.75 Å². The molecule has 11 heteroatoms. The van der Waals surface area contributed by atoms with E-state index in [1.54, 1.807) is 31.3 Å². The van der Waals surface area contributed by atoms with Crippen molar-refractivity contribution >= 4 is 27.2 Å². The van der Waals surface area contributed by atoms with Gasteiger partial charge in [-0.15, -0.1) is 13.2 Å². The SMILES string of the molecule is CN(C(=N)N)c1ccc(OC(F)(F)F)cc1.CNc1ccc(S(C)(=O)=O)cc1. The van der Waals surface area contributed by atoms with Crippen molar-refractivity contribution in [3.63, 3.8) is 0 Å². The van der Waals surface area contributed by atoms with Gasteiger partial charge < -0.3 is 20.7 Å². The average molecular weight is 418 g/mol. The van der Waals surface area contributed by atoms with Crippen LogP contribution < -0.4 is 20.7 Å². The fraction of sp³-hybridized carbons (Fsp3) is 0.235. The van der Waals surface area contributed by atoms with Gasteiger partial charge >= 0.3 is 6.36 Å². The maximum atomic E-state index is 11.8. The maximum absolute atomic E-state index is 11.8. The van der Waals surface area contributed by atoms with Crippen LogP contribution in [0.4, 0.5) is 24.5 Å². The van der Waals surface area contributed by atoms with E-state index in [4.69, 9.17) is 11.1 Å². The molecule has 0 atom stereocenters. The third kappa shape index (κ3) is 7.74. The molecule has 2 rings (SSSR count). The van der Waals surface area contributed by atoms with Crippen molar-refractivity contribution in [2.24, 2.45) is 5.73 Å². The van der Waals surface area contributed by atoms with Crippen LogP contribution in [-0.4, -0.2) is 41.1 Å². The number of benzene rings is 2. The molecule has 154 valence electrons. The minimum absolute atomic E-state index is 0.204. The van der Waals surface area contributed by atoms with Crippen LogP contribution in [0.15, 0.2) is 53.4 Å². The lowest BCUT2D eigenvalue weighted by molar-refractivity contribution is -0.274. The lowest BCUT2D eigenvalue weighted by atomic mass is 10.3. The van der Waals surface area contributed by atoms with E-state index in [0.29, 0.717) is 10.6 Å². The Bertz CT molecular complexity index is 883. The van der Waals surface area contributed by atoms with E-state index in [-0.39, 0.29) is 11.7 Å². The summed E-state index contributed by atoms with van der Waals surface area (Å²) in [6, 6.07) is 11.7. The predicted molar refractivity (Wildman–Crippen MR) is 103 cm³/mol. The molecule has 0 saturated heterocycles. The Balaban J connectivity index is 0.000000292. The Morgan fingerprint density at radius 2 is 1.61 bits per heavy atom. The number of halogens is 3. The zero-order valence-electron chi connectivity index (χ0n) is 15.4. The quantitative estimate of drug-likeness (QED) is 0.520. The molecule has 4 N–H and O–H groups in total. The minimum Gasteiger partial charge on any atom is -0.406 e. The first-order valence-corrected chi connectivity index (χ1v) is 9.64. The fourth-order valence-electron chi connectivity index (χ4n) is 1.88. The van der Waals surface area contributed by atoms with Gasteiger partial charge in [-0.2, -0.15) is 0 Å². The molecule has 0 aliphatic rings. The van der Waals surface area contributed by atoms with Gasteiger partial charge in [-0.1, -0.05) is 0 Å². The van der Waals surface area contributed by atoms with Gasteiger partial charge in [0.25, 0.3) is 0 Å². The van der Waals surface area contributed by atoms with Crippen molar-refractivity contribution in [3.8, 4) is 5.75 Å². The number of nitrogens with two attached hydrogens (primary N) is 1. The first-order valence-electron chi connectivity index (χ1n) is 7.75. The van der Waals surface area contributed by atoms with E-state index in [1.807, 2.05) is 0 Å². The summed E-state index contributed by atoms with van der Waals surface area (Å²) in [7, 11) is 0.261. The van der Waals surface area contributed by atoms with Crippen molar-refractivity contribution < 1.29 is 26.3 Å². The summed E-state index contributed by atoms with van der Waals surface area (Å²) in [5.41, 5.74) is 6.61. The van der Waals surface area contributed by atoms with Crippen molar-refractivity contribution in [2.45, 2.75) is 11.3 Å². The van der Waals surface area contributed by atoms with Crippen LogP contribution >= 0.6 is 0 Å². The van der Waals surface area contributed by atoms with Crippen LogP contribution in [0.2, 0.25) is 0 Å². The summed E-state index contributed by atoms with van der Waals surface area (Å²) in [6.45, 7) is 0. The molecule has 0 aliphatic heterocycles. The van der Waals surface area contributed by atoms with Crippen molar-refractivity contribution in [1.29, 1.82) is 5.41 Å². The Morgan fingerprint density at radius 3 is 1.96 bits per heavy atom. The Morgan fingerprint density at radius 1 is 1.11 bits per heavy atom. The fourth-order valence-corrected chi connectivity index (χ4v) is 2.51. The largest absolute Gasteiger partial charge is 0.573 e. The van der Waals surface area contributed by atoms with Crippen molar-refractivity contribution in [2.75, 3.05) is 30.6 Å². The van der Waals surface area contributed by atoms with E-state index < -0.39 is 16.2 Å². The van der Waals surface area contributed by atoms with E-state index in [0.717, 1.165) is 17.8 Å². The van der Waals surface area contributed by atoms with Gasteiger partial charge in [-0.05, 0) is 48.5 Å². The Kier molecular flexibility index (Phi) is 7.68. The molecule has 0 amide bonds. The first kappa shape index (κ1) is 23.1. The molecule has 0 saturated carbocycles. The predicted octanol–water partition coefficient (Wildman–Crippen LogP) is 3.05. The zero-order chi connectivity index (χ0) is 21.5. The summed E-state index contributed by atoms with van der Waals surface area (Å²) >= 11 is 0. The second kappa shape index (κ2) is 9.31. The number of nitrogens with one attached hydrogen (secondary N) is 2. The first-order chi connectivity index (χ1) is 12.8. The number of nitrogens with zero attached hydrogens (tertiary/aromatic N) is 1. The molecular formula is C17H21F3N4O3S. The lowest BCUT2D eigenvalue weighted by Gasteiger charge is -2.17. The summed E-state index contributed by atoms with van der Waals surface area (Å²) in [5, 5.41) is 10.0. The standard InChI is InChI=1S/C9H10F3N3O.C8H11NO2S/c1-15(8(13)14)6-2-4-7(5-3-6)16-9(10,11)12;1-9-7-3-5-8(6-4-7)12(2,10)11/h2-5H,1H3,(H3,13,14);3-6,9H,1-2H3. The molecule has 28 heavy (non-hydrogen) atoms. The van der Waals surface area contributed by atoms with E-state index >= 15 is 0 Å². The van der Waals surface area contributed by atoms with Gasteiger partial charge in [0.05, 0.1) is 4.90 Å². The molecule has 0 heterocycles. The number of guanidine groups is 1. The van der Waals surface area contributed by atoms with Gasteiger partial charge in [0.2, 0.25) is 0 Å². The molecule has 2 aromatic carbocycles. The smallest absolute Gasteiger partial charge is 0.406 e. The van der Waals surface area contributed by atoms with E-state index in [2.05, 4.69) is 10.1 Å². The van der Waals surface area contributed by atoms with Crippen LogP contribution in [0.3, 0.4) is 0 Å². The summed E-state index contributed by atoms with van der Waals surface area (Å²) in [4.78, 5) is 1.67. The lowest BCUT2D eigenvalue weighted by Crippen LogP contribution is -2.32. The normalized spacial score (nSPS) is 11.1. The van der Waals surface area contributed by atoms with Gasteiger partial charge in [-0.25, -0.2) is 8.42 Å². The number of hydrogen-bond donors (Lipinski definition) is 3. The third-order valence-corrected chi connectivity index (χ3v) is 4.52. The molecule has 0 aliphatic carbocycles. The number of rotatable bonds is 4. The molecular weight excluding hydrogens is 397 g/mol. The number of hydrogen-bond acceptors (Lipinski definition) is 5. The summed E-state index contributed by atoms with van der Waals surface area (Å²) in [5.74, 6) is -0.516. The number of alkyl halides is 3. The maximum Gasteiger partial charge on any atom is 0.573 e. The summed E-state index contributed by atoms with van der Waals surface area (Å²) < 4.78 is 61.2. The highest BCUT2D eigenvalue weighted by atomic mass is 32.2. The molecule has 0 unspecified atom stereocenters. The molecule has 0 radical (unpaired) electrons. The average Bonchev–Trinajstić information content (AvgIpc) is 2.60. The highest BCUT2D eigenvalue weighted by Gasteiger charge is 2.31. The molecule has 0 aromatic heterocycles. The molecule has 7 nitrogen and oxygen atoms in total. The highest BCUT2D eigenvalue weighted by Crippen LogP contribution is 2.24. The highest BCUT2D eigenvalue weighted by molar-refractivity contribution is 7.90. The van der Waals surface area contributed by atoms with Crippen LogP contribution in [0, 0.1) is 5.41 Å². The molecule has 0 fully saturated rings.